The van der Waals surface area contributed by atoms with Crippen molar-refractivity contribution in [2.24, 2.45) is 5.92 Å². The average Bonchev–Trinajstić information content (AvgIpc) is 3.15. The molecule has 2 aromatic carbocycles. The first kappa shape index (κ1) is 25.1. The normalized spacial score (nSPS) is 14.3. The zero-order valence-corrected chi connectivity index (χ0v) is 20.1. The van der Waals surface area contributed by atoms with Crippen molar-refractivity contribution in [3.63, 3.8) is 0 Å². The molecule has 0 aliphatic carbocycles. The summed E-state index contributed by atoms with van der Waals surface area (Å²) in [5.41, 5.74) is -1.78. The maximum Gasteiger partial charge on any atom is 0.446 e. The third-order valence-corrected chi connectivity index (χ3v) is 6.50. The summed E-state index contributed by atoms with van der Waals surface area (Å²) >= 11 is -0.202. The number of aryl methyl sites for hydroxylation is 1. The van der Waals surface area contributed by atoms with Gasteiger partial charge in [0.1, 0.15) is 0 Å². The summed E-state index contributed by atoms with van der Waals surface area (Å²) in [5.74, 6) is -0.145. The van der Waals surface area contributed by atoms with Crippen molar-refractivity contribution in [2.45, 2.75) is 23.9 Å². The number of carbonyl (C=O) groups is 2. The van der Waals surface area contributed by atoms with Gasteiger partial charge in [0, 0.05) is 66.8 Å². The fourth-order valence-electron chi connectivity index (χ4n) is 4.02. The second kappa shape index (κ2) is 10.3. The number of carbonyl (C=O) groups excluding carboxylic acids is 2. The molecule has 1 aliphatic heterocycles. The van der Waals surface area contributed by atoms with Crippen molar-refractivity contribution in [2.75, 3.05) is 33.4 Å². The second-order valence-corrected chi connectivity index (χ2v) is 9.61. The number of amides is 2. The molecule has 7 nitrogen and oxygen atoms in total. The summed E-state index contributed by atoms with van der Waals surface area (Å²) in [7, 11) is 1.58. The number of thioether (sulfide) groups is 1. The van der Waals surface area contributed by atoms with E-state index in [2.05, 4.69) is 10.4 Å². The summed E-state index contributed by atoms with van der Waals surface area (Å²) in [6.45, 7) is 4.44. The first-order chi connectivity index (χ1) is 16.6. The molecule has 4 rings (SSSR count). The number of alkyl halides is 3. The van der Waals surface area contributed by atoms with Gasteiger partial charge in [-0.15, -0.1) is 0 Å². The molecule has 3 aromatic rings. The van der Waals surface area contributed by atoms with Gasteiger partial charge in [0.05, 0.1) is 12.1 Å². The molecule has 1 N–H and O–H groups in total. The standard InChI is InChI=1S/C24H25F3N4O3S/c1-15-9-21-18(10-20(15)22(32)28-7-8-34-2)14-31(29-21)13-16-11-30(12-16)23(33)17-3-5-19(6-4-17)35-24(25,26)27/h3-6,9-10,14,16H,7-8,11-13H2,1-2H3,(H,28,32). The molecule has 0 atom stereocenters. The smallest absolute Gasteiger partial charge is 0.383 e. The molecule has 1 saturated heterocycles. The lowest BCUT2D eigenvalue weighted by Gasteiger charge is -2.39. The summed E-state index contributed by atoms with van der Waals surface area (Å²) < 4.78 is 44.2. The molecule has 0 unspecified atom stereocenters. The van der Waals surface area contributed by atoms with Gasteiger partial charge in [-0.3, -0.25) is 14.3 Å². The van der Waals surface area contributed by atoms with Gasteiger partial charge in [-0.1, -0.05) is 0 Å². The average molecular weight is 507 g/mol. The van der Waals surface area contributed by atoms with E-state index in [1.54, 1.807) is 12.0 Å². The minimum Gasteiger partial charge on any atom is -0.383 e. The Balaban J connectivity index is 1.34. The van der Waals surface area contributed by atoms with E-state index in [9.17, 15) is 22.8 Å². The minimum absolute atomic E-state index is 0.0483. The molecule has 0 spiro atoms. The number of halogens is 3. The third kappa shape index (κ3) is 6.15. The van der Waals surface area contributed by atoms with Crippen molar-refractivity contribution in [1.82, 2.24) is 20.0 Å². The molecule has 0 bridgehead atoms. The van der Waals surface area contributed by atoms with Gasteiger partial charge in [0.25, 0.3) is 11.8 Å². The summed E-state index contributed by atoms with van der Waals surface area (Å²) in [6.07, 6.45) is 1.89. The van der Waals surface area contributed by atoms with Crippen LogP contribution in [0.15, 0.2) is 47.5 Å². The molecule has 1 fully saturated rings. The predicted octanol–water partition coefficient (Wildman–Crippen LogP) is 4.11. The van der Waals surface area contributed by atoms with Crippen LogP contribution < -0.4 is 5.32 Å². The molecule has 1 aliphatic rings. The zero-order valence-electron chi connectivity index (χ0n) is 19.3. The van der Waals surface area contributed by atoms with Crippen LogP contribution in [-0.2, 0) is 11.3 Å². The second-order valence-electron chi connectivity index (χ2n) is 8.47. The van der Waals surface area contributed by atoms with Crippen LogP contribution in [0.2, 0.25) is 0 Å². The highest BCUT2D eigenvalue weighted by molar-refractivity contribution is 8.00. The maximum absolute atomic E-state index is 12.6. The SMILES string of the molecule is COCCNC(=O)c1cc2cn(CC3CN(C(=O)c4ccc(SC(F)(F)F)cc4)C3)nc2cc1C. The van der Waals surface area contributed by atoms with Crippen LogP contribution in [0.1, 0.15) is 26.3 Å². The number of hydrogen-bond acceptors (Lipinski definition) is 5. The lowest BCUT2D eigenvalue weighted by Crippen LogP contribution is -2.51. The first-order valence-electron chi connectivity index (χ1n) is 11.0. The molecule has 35 heavy (non-hydrogen) atoms. The molecule has 2 amide bonds. The number of aromatic nitrogens is 2. The van der Waals surface area contributed by atoms with E-state index in [1.165, 1.54) is 24.3 Å². The Morgan fingerprint density at radius 1 is 1.20 bits per heavy atom. The monoisotopic (exact) mass is 506 g/mol. The van der Waals surface area contributed by atoms with Gasteiger partial charge in [-0.2, -0.15) is 18.3 Å². The van der Waals surface area contributed by atoms with E-state index in [4.69, 9.17) is 4.74 Å². The van der Waals surface area contributed by atoms with E-state index < -0.39 is 5.51 Å². The summed E-state index contributed by atoms with van der Waals surface area (Å²) in [6, 6.07) is 9.19. The lowest BCUT2D eigenvalue weighted by molar-refractivity contribution is -0.0328. The van der Waals surface area contributed by atoms with Crippen LogP contribution in [0, 0.1) is 12.8 Å². The van der Waals surface area contributed by atoms with Gasteiger partial charge in [0.2, 0.25) is 0 Å². The van der Waals surface area contributed by atoms with Gasteiger partial charge in [0.15, 0.2) is 0 Å². The predicted molar refractivity (Wildman–Crippen MR) is 126 cm³/mol. The number of methoxy groups -OCH3 is 1. The van der Waals surface area contributed by atoms with Crippen molar-refractivity contribution in [3.8, 4) is 0 Å². The fraction of sp³-hybridized carbons (Fsp3) is 0.375. The van der Waals surface area contributed by atoms with Crippen LogP contribution in [0.4, 0.5) is 13.2 Å². The number of rotatable bonds is 8. The van der Waals surface area contributed by atoms with Crippen molar-refractivity contribution in [3.05, 3.63) is 59.3 Å². The Labute approximate surface area is 204 Å². The molecule has 0 saturated carbocycles. The largest absolute Gasteiger partial charge is 0.446 e. The zero-order chi connectivity index (χ0) is 25.2. The number of nitrogens with zero attached hydrogens (tertiary/aromatic N) is 3. The summed E-state index contributed by atoms with van der Waals surface area (Å²) in [5, 5.41) is 8.29. The van der Waals surface area contributed by atoms with Crippen LogP contribution in [0.25, 0.3) is 10.9 Å². The Morgan fingerprint density at radius 2 is 1.91 bits per heavy atom. The van der Waals surface area contributed by atoms with Gasteiger partial charge < -0.3 is 15.0 Å². The number of likely N-dealkylation sites (tertiary alicyclic amines) is 1. The molecule has 1 aromatic heterocycles. The number of nitrogens with one attached hydrogen (secondary N) is 1. The number of fused-ring (bicyclic) bond motifs is 1. The third-order valence-electron chi connectivity index (χ3n) is 5.76. The van der Waals surface area contributed by atoms with E-state index in [0.717, 1.165) is 16.5 Å². The lowest BCUT2D eigenvalue weighted by atomic mass is 9.99. The number of ether oxygens (including phenoxy) is 1. The Hall–Kier alpha value is -3.05. The molecular formula is C24H25F3N4O3S. The highest BCUT2D eigenvalue weighted by Crippen LogP contribution is 2.36. The minimum atomic E-state index is -4.36. The molecule has 0 radical (unpaired) electrons. The van der Waals surface area contributed by atoms with E-state index in [-0.39, 0.29) is 34.4 Å². The Kier molecular flexibility index (Phi) is 7.36. The van der Waals surface area contributed by atoms with Crippen LogP contribution in [0.3, 0.4) is 0 Å². The quantitative estimate of drug-likeness (QED) is 0.368. The van der Waals surface area contributed by atoms with E-state index >= 15 is 0 Å². The van der Waals surface area contributed by atoms with Crippen molar-refractivity contribution < 1.29 is 27.5 Å². The molecular weight excluding hydrogens is 481 g/mol. The topological polar surface area (TPSA) is 76.5 Å². The molecule has 2 heterocycles. The molecule has 186 valence electrons. The van der Waals surface area contributed by atoms with E-state index in [1.807, 2.05) is 29.9 Å². The van der Waals surface area contributed by atoms with Gasteiger partial charge >= 0.3 is 5.51 Å². The van der Waals surface area contributed by atoms with Gasteiger partial charge in [-0.25, -0.2) is 0 Å². The highest BCUT2D eigenvalue weighted by atomic mass is 32.2. The number of benzene rings is 2. The Morgan fingerprint density at radius 3 is 2.57 bits per heavy atom. The van der Waals surface area contributed by atoms with Gasteiger partial charge in [-0.05, 0) is 60.6 Å². The van der Waals surface area contributed by atoms with Crippen LogP contribution >= 0.6 is 11.8 Å². The van der Waals surface area contributed by atoms with Crippen LogP contribution in [0.5, 0.6) is 0 Å². The fourth-order valence-corrected chi connectivity index (χ4v) is 4.56. The first-order valence-corrected chi connectivity index (χ1v) is 11.8. The van der Waals surface area contributed by atoms with E-state index in [0.29, 0.717) is 43.9 Å². The van der Waals surface area contributed by atoms with Crippen molar-refractivity contribution in [1.29, 1.82) is 0 Å². The Bertz CT molecular complexity index is 1220. The highest BCUT2D eigenvalue weighted by Gasteiger charge is 2.32. The maximum atomic E-state index is 12.6. The summed E-state index contributed by atoms with van der Waals surface area (Å²) in [4.78, 5) is 26.8. The van der Waals surface area contributed by atoms with Crippen LogP contribution in [-0.4, -0.2) is 65.4 Å². The van der Waals surface area contributed by atoms with Crippen molar-refractivity contribution >= 4 is 34.5 Å². The molecule has 11 heteroatoms. The number of hydrogen-bond donors (Lipinski definition) is 1.